The molecule has 0 aliphatic carbocycles. The molecule has 3 nitrogen and oxygen atoms in total. The van der Waals surface area contributed by atoms with Crippen molar-refractivity contribution in [3.05, 3.63) is 64.7 Å². The van der Waals surface area contributed by atoms with E-state index in [0.717, 1.165) is 11.1 Å². The van der Waals surface area contributed by atoms with Gasteiger partial charge in [-0.25, -0.2) is 8.42 Å². The number of fused-ring (bicyclic) bond motifs is 1. The van der Waals surface area contributed by atoms with Gasteiger partial charge in [-0.1, -0.05) is 35.9 Å². The zero-order valence-corrected chi connectivity index (χ0v) is 11.7. The van der Waals surface area contributed by atoms with Gasteiger partial charge in [-0.2, -0.15) is 0 Å². The van der Waals surface area contributed by atoms with Crippen molar-refractivity contribution in [1.82, 2.24) is 0 Å². The molecule has 0 amide bonds. The molecule has 1 aliphatic rings. The number of anilines is 1. The first-order valence-electron chi connectivity index (χ1n) is 5.89. The van der Waals surface area contributed by atoms with Crippen molar-refractivity contribution in [1.29, 1.82) is 0 Å². The van der Waals surface area contributed by atoms with Crippen molar-refractivity contribution < 1.29 is 8.42 Å². The summed E-state index contributed by atoms with van der Waals surface area (Å²) >= 11 is 5.83. The van der Waals surface area contributed by atoms with Crippen LogP contribution in [0, 0.1) is 0 Å². The molecule has 5 heteroatoms. The molecule has 0 saturated heterocycles. The monoisotopic (exact) mass is 293 g/mol. The van der Waals surface area contributed by atoms with E-state index >= 15 is 0 Å². The SMILES string of the molecule is O=S1(=O)Cc2ccccc2CN1c1ccc(Cl)cc1. The lowest BCUT2D eigenvalue weighted by Gasteiger charge is -2.30. The average Bonchev–Trinajstić information content (AvgIpc) is 2.38. The lowest BCUT2D eigenvalue weighted by atomic mass is 10.1. The second-order valence-corrected chi connectivity index (χ2v) is 6.84. The number of rotatable bonds is 1. The Labute approximate surface area is 117 Å². The Bertz CT molecular complexity index is 710. The van der Waals surface area contributed by atoms with Gasteiger partial charge < -0.3 is 0 Å². The molecule has 1 aliphatic heterocycles. The fraction of sp³-hybridized carbons (Fsp3) is 0.143. The lowest BCUT2D eigenvalue weighted by molar-refractivity contribution is 0.586. The van der Waals surface area contributed by atoms with Crippen molar-refractivity contribution in [2.45, 2.75) is 12.3 Å². The van der Waals surface area contributed by atoms with Gasteiger partial charge in [0.2, 0.25) is 10.0 Å². The van der Waals surface area contributed by atoms with E-state index in [1.54, 1.807) is 24.3 Å². The van der Waals surface area contributed by atoms with E-state index in [4.69, 9.17) is 11.6 Å². The molecule has 0 atom stereocenters. The summed E-state index contributed by atoms with van der Waals surface area (Å²) < 4.78 is 26.1. The van der Waals surface area contributed by atoms with Crippen molar-refractivity contribution in [2.75, 3.05) is 4.31 Å². The summed E-state index contributed by atoms with van der Waals surface area (Å²) in [6, 6.07) is 14.5. The molecule has 0 bridgehead atoms. The third-order valence-corrected chi connectivity index (χ3v) is 5.16. The van der Waals surface area contributed by atoms with E-state index in [1.165, 1.54) is 4.31 Å². The van der Waals surface area contributed by atoms with Crippen LogP contribution < -0.4 is 4.31 Å². The molecule has 0 saturated carbocycles. The van der Waals surface area contributed by atoms with Crippen LogP contribution in [-0.2, 0) is 22.3 Å². The van der Waals surface area contributed by atoms with Crippen molar-refractivity contribution >= 4 is 27.3 Å². The van der Waals surface area contributed by atoms with E-state index in [1.807, 2.05) is 24.3 Å². The Balaban J connectivity index is 2.05. The molecule has 0 spiro atoms. The highest BCUT2D eigenvalue weighted by Crippen LogP contribution is 2.30. The molecule has 2 aromatic rings. The molecule has 0 unspecified atom stereocenters. The average molecular weight is 294 g/mol. The second-order valence-electron chi connectivity index (χ2n) is 4.51. The number of hydrogen-bond donors (Lipinski definition) is 0. The summed E-state index contributed by atoms with van der Waals surface area (Å²) in [5, 5.41) is 0.596. The summed E-state index contributed by atoms with van der Waals surface area (Å²) in [6.07, 6.45) is 0. The Kier molecular flexibility index (Phi) is 2.99. The molecule has 0 N–H and O–H groups in total. The first kappa shape index (κ1) is 12.5. The second kappa shape index (κ2) is 4.54. The third-order valence-electron chi connectivity index (χ3n) is 3.22. The number of nitrogens with zero attached hydrogens (tertiary/aromatic N) is 1. The Morgan fingerprint density at radius 1 is 0.947 bits per heavy atom. The largest absolute Gasteiger partial charge is 0.266 e. The lowest BCUT2D eigenvalue weighted by Crippen LogP contribution is -2.35. The number of sulfonamides is 1. The zero-order chi connectivity index (χ0) is 13.5. The third kappa shape index (κ3) is 2.33. The fourth-order valence-corrected chi connectivity index (χ4v) is 3.97. The van der Waals surface area contributed by atoms with E-state index < -0.39 is 10.0 Å². The van der Waals surface area contributed by atoms with Crippen LogP contribution in [0.3, 0.4) is 0 Å². The maximum Gasteiger partial charge on any atom is 0.239 e. The van der Waals surface area contributed by atoms with Gasteiger partial charge in [-0.15, -0.1) is 0 Å². The standard InChI is InChI=1S/C14H12ClNO2S/c15-13-5-7-14(8-6-13)16-9-11-3-1-2-4-12(11)10-19(16,17)18/h1-8H,9-10H2. The molecule has 0 aromatic heterocycles. The predicted molar refractivity (Wildman–Crippen MR) is 76.7 cm³/mol. The van der Waals surface area contributed by atoms with E-state index in [-0.39, 0.29) is 5.75 Å². The van der Waals surface area contributed by atoms with Crippen LogP contribution in [0.1, 0.15) is 11.1 Å². The van der Waals surface area contributed by atoms with Crippen LogP contribution in [0.25, 0.3) is 0 Å². The van der Waals surface area contributed by atoms with Gasteiger partial charge in [0.1, 0.15) is 0 Å². The van der Waals surface area contributed by atoms with Crippen LogP contribution in [-0.4, -0.2) is 8.42 Å². The maximum atomic E-state index is 12.3. The Morgan fingerprint density at radius 2 is 1.58 bits per heavy atom. The van der Waals surface area contributed by atoms with Gasteiger partial charge in [0.15, 0.2) is 0 Å². The fourth-order valence-electron chi connectivity index (χ4n) is 2.24. The van der Waals surface area contributed by atoms with E-state index in [2.05, 4.69) is 0 Å². The first-order valence-corrected chi connectivity index (χ1v) is 7.88. The summed E-state index contributed by atoms with van der Waals surface area (Å²) in [7, 11) is -3.31. The molecule has 98 valence electrons. The first-order chi connectivity index (χ1) is 9.06. The highest BCUT2D eigenvalue weighted by Gasteiger charge is 2.29. The number of hydrogen-bond acceptors (Lipinski definition) is 2. The van der Waals surface area contributed by atoms with Crippen LogP contribution in [0.15, 0.2) is 48.5 Å². The maximum absolute atomic E-state index is 12.3. The minimum Gasteiger partial charge on any atom is -0.266 e. The summed E-state index contributed by atoms with van der Waals surface area (Å²) in [4.78, 5) is 0. The molecule has 2 aromatic carbocycles. The Morgan fingerprint density at radius 3 is 2.26 bits per heavy atom. The van der Waals surface area contributed by atoms with E-state index in [0.29, 0.717) is 17.3 Å². The van der Waals surface area contributed by atoms with E-state index in [9.17, 15) is 8.42 Å². The van der Waals surface area contributed by atoms with Crippen LogP contribution >= 0.6 is 11.6 Å². The van der Waals surface area contributed by atoms with Gasteiger partial charge in [0.05, 0.1) is 18.0 Å². The highest BCUT2D eigenvalue weighted by molar-refractivity contribution is 7.92. The van der Waals surface area contributed by atoms with Gasteiger partial charge in [-0.3, -0.25) is 4.31 Å². The molecule has 3 rings (SSSR count). The molecular weight excluding hydrogens is 282 g/mol. The number of benzene rings is 2. The summed E-state index contributed by atoms with van der Waals surface area (Å²) in [5.74, 6) is 0.0474. The summed E-state index contributed by atoms with van der Waals surface area (Å²) in [5.41, 5.74) is 2.58. The quantitative estimate of drug-likeness (QED) is 0.810. The van der Waals surface area contributed by atoms with Gasteiger partial charge in [0, 0.05) is 5.02 Å². The van der Waals surface area contributed by atoms with Crippen molar-refractivity contribution in [3.8, 4) is 0 Å². The predicted octanol–water partition coefficient (Wildman–Crippen LogP) is 3.19. The van der Waals surface area contributed by atoms with Crippen molar-refractivity contribution in [2.24, 2.45) is 0 Å². The number of halogens is 1. The van der Waals surface area contributed by atoms with Gasteiger partial charge >= 0.3 is 0 Å². The molecular formula is C14H12ClNO2S. The molecule has 19 heavy (non-hydrogen) atoms. The molecule has 0 fully saturated rings. The van der Waals surface area contributed by atoms with Gasteiger partial charge in [0.25, 0.3) is 0 Å². The van der Waals surface area contributed by atoms with Crippen LogP contribution in [0.5, 0.6) is 0 Å². The molecule has 1 heterocycles. The summed E-state index contributed by atoms with van der Waals surface area (Å²) in [6.45, 7) is 0.375. The van der Waals surface area contributed by atoms with Gasteiger partial charge in [-0.05, 0) is 35.4 Å². The highest BCUT2D eigenvalue weighted by atomic mass is 35.5. The normalized spacial score (nSPS) is 17.0. The van der Waals surface area contributed by atoms with Crippen molar-refractivity contribution in [3.63, 3.8) is 0 Å². The molecule has 0 radical (unpaired) electrons. The minimum atomic E-state index is -3.31. The van der Waals surface area contributed by atoms with Crippen LogP contribution in [0.2, 0.25) is 5.02 Å². The zero-order valence-electron chi connectivity index (χ0n) is 10.1. The Hall–Kier alpha value is -1.52. The minimum absolute atomic E-state index is 0.0474. The smallest absolute Gasteiger partial charge is 0.239 e. The topological polar surface area (TPSA) is 37.4 Å². The van der Waals surface area contributed by atoms with Crippen LogP contribution in [0.4, 0.5) is 5.69 Å².